The second kappa shape index (κ2) is 8.20. The first-order chi connectivity index (χ1) is 15.6. The molecule has 0 spiro atoms. The molecule has 7 heteroatoms. The molecule has 0 saturated heterocycles. The van der Waals surface area contributed by atoms with E-state index in [0.717, 1.165) is 16.1 Å². The Hall–Kier alpha value is -4.10. The number of fused-ring (bicyclic) bond motifs is 1. The average Bonchev–Trinajstić information content (AvgIpc) is 3.44. The van der Waals surface area contributed by atoms with Gasteiger partial charge < -0.3 is 5.32 Å². The molecule has 156 valence electrons. The third-order valence-electron chi connectivity index (χ3n) is 5.23. The van der Waals surface area contributed by atoms with Gasteiger partial charge in [0.2, 0.25) is 0 Å². The fourth-order valence-electron chi connectivity index (χ4n) is 3.63. The highest BCUT2D eigenvalue weighted by atomic mass is 32.1. The summed E-state index contributed by atoms with van der Waals surface area (Å²) in [6.45, 7) is 0.157. The van der Waals surface area contributed by atoms with Gasteiger partial charge in [-0.25, -0.2) is 4.98 Å². The molecule has 1 aliphatic heterocycles. The van der Waals surface area contributed by atoms with E-state index in [1.54, 1.807) is 54.7 Å². The van der Waals surface area contributed by atoms with Crippen LogP contribution in [0.3, 0.4) is 0 Å². The molecular formula is C25H17N3O3S. The molecule has 0 atom stereocenters. The normalized spacial score (nSPS) is 12.7. The van der Waals surface area contributed by atoms with E-state index in [-0.39, 0.29) is 24.3 Å². The van der Waals surface area contributed by atoms with E-state index in [1.807, 2.05) is 29.6 Å². The van der Waals surface area contributed by atoms with Crippen LogP contribution in [-0.4, -0.2) is 27.6 Å². The summed E-state index contributed by atoms with van der Waals surface area (Å²) in [6.07, 6.45) is 1.74. The van der Waals surface area contributed by atoms with E-state index >= 15 is 0 Å². The lowest BCUT2D eigenvalue weighted by Gasteiger charge is -2.14. The predicted molar refractivity (Wildman–Crippen MR) is 123 cm³/mol. The Morgan fingerprint density at radius 2 is 1.62 bits per heavy atom. The summed E-state index contributed by atoms with van der Waals surface area (Å²) in [6, 6.07) is 21.2. The van der Waals surface area contributed by atoms with Crippen molar-refractivity contribution in [1.82, 2.24) is 9.88 Å². The van der Waals surface area contributed by atoms with Gasteiger partial charge in [-0.3, -0.25) is 19.3 Å². The zero-order valence-corrected chi connectivity index (χ0v) is 17.6. The second-order valence-electron chi connectivity index (χ2n) is 7.31. The van der Waals surface area contributed by atoms with Gasteiger partial charge in [-0.1, -0.05) is 36.4 Å². The minimum Gasteiger partial charge on any atom is -0.322 e. The van der Waals surface area contributed by atoms with Crippen molar-refractivity contribution in [2.24, 2.45) is 0 Å². The molecular weight excluding hydrogens is 422 g/mol. The number of aromatic nitrogens is 1. The highest BCUT2D eigenvalue weighted by molar-refractivity contribution is 7.13. The van der Waals surface area contributed by atoms with Gasteiger partial charge >= 0.3 is 0 Å². The van der Waals surface area contributed by atoms with Crippen LogP contribution in [0.25, 0.3) is 10.6 Å². The van der Waals surface area contributed by atoms with Crippen molar-refractivity contribution in [2.75, 3.05) is 5.32 Å². The van der Waals surface area contributed by atoms with E-state index in [1.165, 1.54) is 16.2 Å². The molecule has 2 heterocycles. The SMILES string of the molecule is O=C(Nc1cccc(-c2nccs2)c1)c1ccc(CN2C(=O)c3ccccc3C2=O)cc1. The molecule has 3 amide bonds. The van der Waals surface area contributed by atoms with Crippen LogP contribution in [0.4, 0.5) is 5.69 Å². The summed E-state index contributed by atoms with van der Waals surface area (Å²) < 4.78 is 0. The lowest BCUT2D eigenvalue weighted by atomic mass is 10.1. The molecule has 1 aromatic heterocycles. The summed E-state index contributed by atoms with van der Waals surface area (Å²) in [5, 5.41) is 5.69. The maximum Gasteiger partial charge on any atom is 0.261 e. The number of amides is 3. The van der Waals surface area contributed by atoms with Crippen LogP contribution >= 0.6 is 11.3 Å². The number of benzene rings is 3. The number of thiazole rings is 1. The van der Waals surface area contributed by atoms with Crippen LogP contribution in [-0.2, 0) is 6.54 Å². The number of anilines is 1. The summed E-state index contributed by atoms with van der Waals surface area (Å²) >= 11 is 1.54. The number of nitrogens with one attached hydrogen (secondary N) is 1. The zero-order chi connectivity index (χ0) is 22.1. The number of imide groups is 1. The average molecular weight is 439 g/mol. The van der Waals surface area contributed by atoms with E-state index in [4.69, 9.17) is 0 Å². The fourth-order valence-corrected chi connectivity index (χ4v) is 4.26. The van der Waals surface area contributed by atoms with Crippen LogP contribution in [0.5, 0.6) is 0 Å². The molecule has 0 unspecified atom stereocenters. The van der Waals surface area contributed by atoms with Gasteiger partial charge in [0.15, 0.2) is 0 Å². The first-order valence-electron chi connectivity index (χ1n) is 9.95. The fraction of sp³-hybridized carbons (Fsp3) is 0.0400. The van der Waals surface area contributed by atoms with Gasteiger partial charge in [-0.05, 0) is 42.0 Å². The lowest BCUT2D eigenvalue weighted by molar-refractivity contribution is 0.0642. The molecule has 6 nitrogen and oxygen atoms in total. The summed E-state index contributed by atoms with van der Waals surface area (Å²) in [7, 11) is 0. The van der Waals surface area contributed by atoms with Crippen molar-refractivity contribution in [3.05, 3.63) is 107 Å². The molecule has 4 aromatic rings. The molecule has 0 fully saturated rings. The Labute approximate surface area is 188 Å². The highest BCUT2D eigenvalue weighted by Crippen LogP contribution is 2.26. The Morgan fingerprint density at radius 3 is 2.28 bits per heavy atom. The molecule has 1 aliphatic rings. The van der Waals surface area contributed by atoms with E-state index < -0.39 is 0 Å². The monoisotopic (exact) mass is 439 g/mol. The smallest absolute Gasteiger partial charge is 0.261 e. The quantitative estimate of drug-likeness (QED) is 0.451. The Kier molecular flexibility index (Phi) is 5.09. The first kappa shape index (κ1) is 19.8. The number of hydrogen-bond acceptors (Lipinski definition) is 5. The van der Waals surface area contributed by atoms with Crippen molar-refractivity contribution >= 4 is 34.7 Å². The lowest BCUT2D eigenvalue weighted by Crippen LogP contribution is -2.29. The highest BCUT2D eigenvalue weighted by Gasteiger charge is 2.34. The number of nitrogens with zero attached hydrogens (tertiary/aromatic N) is 2. The minimum absolute atomic E-state index is 0.157. The van der Waals surface area contributed by atoms with Crippen molar-refractivity contribution in [3.8, 4) is 10.6 Å². The zero-order valence-electron chi connectivity index (χ0n) is 16.8. The van der Waals surface area contributed by atoms with Crippen LogP contribution in [0.1, 0.15) is 36.6 Å². The number of rotatable bonds is 5. The number of carbonyl (C=O) groups is 3. The van der Waals surface area contributed by atoms with Gasteiger partial charge in [0.1, 0.15) is 5.01 Å². The number of carbonyl (C=O) groups excluding carboxylic acids is 3. The topological polar surface area (TPSA) is 79.4 Å². The molecule has 0 bridgehead atoms. The Morgan fingerprint density at radius 1 is 0.906 bits per heavy atom. The Balaban J connectivity index is 1.27. The van der Waals surface area contributed by atoms with Crippen LogP contribution in [0.15, 0.2) is 84.4 Å². The largest absolute Gasteiger partial charge is 0.322 e. The summed E-state index contributed by atoms with van der Waals surface area (Å²) in [4.78, 5) is 43.3. The molecule has 32 heavy (non-hydrogen) atoms. The van der Waals surface area contributed by atoms with E-state index in [2.05, 4.69) is 10.3 Å². The maximum atomic E-state index is 12.7. The van der Waals surface area contributed by atoms with Crippen LogP contribution < -0.4 is 5.32 Å². The number of hydrogen-bond donors (Lipinski definition) is 1. The minimum atomic E-state index is -0.299. The van der Waals surface area contributed by atoms with E-state index in [9.17, 15) is 14.4 Å². The standard InChI is InChI=1S/C25H17N3O3S/c29-22(27-19-5-3-4-18(14-19)23-26-12-13-32-23)17-10-8-16(9-11-17)15-28-24(30)20-6-1-2-7-21(20)25(28)31/h1-14H,15H2,(H,27,29). The predicted octanol–water partition coefficient (Wildman–Crippen LogP) is 4.86. The first-order valence-corrected chi connectivity index (χ1v) is 10.8. The molecule has 3 aromatic carbocycles. The Bertz CT molecular complexity index is 1300. The third-order valence-corrected chi connectivity index (χ3v) is 6.06. The van der Waals surface area contributed by atoms with Gasteiger partial charge in [-0.2, -0.15) is 0 Å². The van der Waals surface area contributed by atoms with Gasteiger partial charge in [0, 0.05) is 28.4 Å². The molecule has 5 rings (SSSR count). The molecule has 0 aliphatic carbocycles. The molecule has 0 saturated carbocycles. The van der Waals surface area contributed by atoms with Gasteiger partial charge in [0.25, 0.3) is 17.7 Å². The molecule has 0 radical (unpaired) electrons. The second-order valence-corrected chi connectivity index (χ2v) is 8.21. The van der Waals surface area contributed by atoms with E-state index in [0.29, 0.717) is 22.4 Å². The third kappa shape index (κ3) is 3.70. The summed E-state index contributed by atoms with van der Waals surface area (Å²) in [5.74, 6) is -0.839. The van der Waals surface area contributed by atoms with Crippen molar-refractivity contribution in [3.63, 3.8) is 0 Å². The maximum absolute atomic E-state index is 12.7. The van der Waals surface area contributed by atoms with Crippen LogP contribution in [0, 0.1) is 0 Å². The van der Waals surface area contributed by atoms with Crippen molar-refractivity contribution in [2.45, 2.75) is 6.54 Å². The van der Waals surface area contributed by atoms with Crippen LogP contribution in [0.2, 0.25) is 0 Å². The molecule has 1 N–H and O–H groups in total. The summed E-state index contributed by atoms with van der Waals surface area (Å²) in [5.41, 5.74) is 3.71. The van der Waals surface area contributed by atoms with Gasteiger partial charge in [0.05, 0.1) is 17.7 Å². The van der Waals surface area contributed by atoms with Gasteiger partial charge in [-0.15, -0.1) is 11.3 Å². The van der Waals surface area contributed by atoms with Crippen molar-refractivity contribution < 1.29 is 14.4 Å². The van der Waals surface area contributed by atoms with Crippen molar-refractivity contribution in [1.29, 1.82) is 0 Å².